The summed E-state index contributed by atoms with van der Waals surface area (Å²) in [6.45, 7) is 4.37. The molecular weight excluding hydrogens is 463 g/mol. The number of thioether (sulfide) groups is 1. The highest BCUT2D eigenvalue weighted by Crippen LogP contribution is 2.24. The molecule has 0 heterocycles. The molecule has 0 spiro atoms. The van der Waals surface area contributed by atoms with Crippen LogP contribution in [0.15, 0.2) is 42.5 Å². The number of carbonyl (C=O) groups excluding carboxylic acids is 2. The summed E-state index contributed by atoms with van der Waals surface area (Å²) in [6, 6.07) is 13.1. The number of nitrogens with one attached hydrogen (secondary N) is 2. The van der Waals surface area contributed by atoms with Gasteiger partial charge < -0.3 is 15.4 Å². The Kier molecular flexibility index (Phi) is 8.24. The van der Waals surface area contributed by atoms with Crippen LogP contribution in [0.25, 0.3) is 0 Å². The zero-order chi connectivity index (χ0) is 18.9. The molecule has 2 aromatic carbocycles. The van der Waals surface area contributed by atoms with Gasteiger partial charge in [0.05, 0.1) is 23.8 Å². The largest absolute Gasteiger partial charge is 0.492 e. The number of hydrogen-bond acceptors (Lipinski definition) is 4. The van der Waals surface area contributed by atoms with Crippen molar-refractivity contribution < 1.29 is 14.3 Å². The maximum Gasteiger partial charge on any atom is 0.234 e. The maximum absolute atomic E-state index is 12.1. The molecule has 0 atom stereocenters. The van der Waals surface area contributed by atoms with E-state index in [9.17, 15) is 9.59 Å². The molecule has 0 aliphatic carbocycles. The van der Waals surface area contributed by atoms with Crippen molar-refractivity contribution in [2.24, 2.45) is 0 Å². The number of aryl methyl sites for hydroxylation is 1. The van der Waals surface area contributed by atoms with Crippen LogP contribution < -0.4 is 15.4 Å². The molecule has 0 bridgehead atoms. The van der Waals surface area contributed by atoms with E-state index in [0.717, 1.165) is 14.8 Å². The van der Waals surface area contributed by atoms with Crippen molar-refractivity contribution in [2.45, 2.75) is 13.8 Å². The van der Waals surface area contributed by atoms with Crippen molar-refractivity contribution in [1.82, 2.24) is 0 Å². The lowest BCUT2D eigenvalue weighted by atomic mass is 10.2. The summed E-state index contributed by atoms with van der Waals surface area (Å²) in [6.07, 6.45) is 0. The molecule has 0 aromatic heterocycles. The number of anilines is 2. The van der Waals surface area contributed by atoms with E-state index in [1.54, 1.807) is 6.07 Å². The standard InChI is InChI=1S/C19H21IN2O3S/c1-3-25-17-7-5-4-6-16(17)22-19(24)12-26-11-18(23)21-15-9-8-14(20)10-13(15)2/h4-10H,3,11-12H2,1-2H3,(H,21,23)(H,22,24). The number of rotatable bonds is 8. The van der Waals surface area contributed by atoms with E-state index >= 15 is 0 Å². The highest BCUT2D eigenvalue weighted by molar-refractivity contribution is 14.1. The summed E-state index contributed by atoms with van der Waals surface area (Å²) in [5, 5.41) is 5.69. The average molecular weight is 484 g/mol. The Morgan fingerprint density at radius 1 is 1.04 bits per heavy atom. The van der Waals surface area contributed by atoms with Crippen LogP contribution in [0.1, 0.15) is 12.5 Å². The first-order valence-electron chi connectivity index (χ1n) is 8.15. The molecule has 0 fully saturated rings. The van der Waals surface area contributed by atoms with Crippen molar-refractivity contribution >= 4 is 57.5 Å². The third-order valence-corrected chi connectivity index (χ3v) is 4.99. The second kappa shape index (κ2) is 10.4. The molecule has 5 nitrogen and oxygen atoms in total. The third-order valence-electron chi connectivity index (χ3n) is 3.39. The monoisotopic (exact) mass is 484 g/mol. The lowest BCUT2D eigenvalue weighted by Gasteiger charge is -2.11. The molecule has 0 saturated heterocycles. The molecule has 26 heavy (non-hydrogen) atoms. The van der Waals surface area contributed by atoms with E-state index in [4.69, 9.17) is 4.74 Å². The average Bonchev–Trinajstić information content (AvgIpc) is 2.59. The Hall–Kier alpha value is -1.74. The Balaban J connectivity index is 1.78. The van der Waals surface area contributed by atoms with Crippen LogP contribution >= 0.6 is 34.4 Å². The number of benzene rings is 2. The van der Waals surface area contributed by atoms with Gasteiger partial charge >= 0.3 is 0 Å². The number of amides is 2. The second-order valence-corrected chi connectivity index (χ2v) is 7.71. The molecule has 2 rings (SSSR count). The minimum atomic E-state index is -0.166. The topological polar surface area (TPSA) is 67.4 Å². The summed E-state index contributed by atoms with van der Waals surface area (Å²) in [5.41, 5.74) is 2.45. The first-order chi connectivity index (χ1) is 12.5. The zero-order valence-corrected chi connectivity index (χ0v) is 17.6. The summed E-state index contributed by atoms with van der Waals surface area (Å²) in [7, 11) is 0. The van der Waals surface area contributed by atoms with Gasteiger partial charge in [0.1, 0.15) is 5.75 Å². The van der Waals surface area contributed by atoms with Gasteiger partial charge in [0.2, 0.25) is 11.8 Å². The quantitative estimate of drug-likeness (QED) is 0.549. The predicted octanol–water partition coefficient (Wildman–Crippen LogP) is 4.31. The van der Waals surface area contributed by atoms with Crippen LogP contribution in [-0.4, -0.2) is 29.9 Å². The van der Waals surface area contributed by atoms with Gasteiger partial charge in [-0.2, -0.15) is 0 Å². The Morgan fingerprint density at radius 3 is 2.35 bits per heavy atom. The summed E-state index contributed by atoms with van der Waals surface area (Å²) in [4.78, 5) is 24.1. The molecule has 0 aliphatic rings. The van der Waals surface area contributed by atoms with E-state index in [0.29, 0.717) is 18.0 Å². The lowest BCUT2D eigenvalue weighted by molar-refractivity contribution is -0.114. The van der Waals surface area contributed by atoms with Crippen molar-refractivity contribution in [3.05, 3.63) is 51.6 Å². The van der Waals surface area contributed by atoms with E-state index in [-0.39, 0.29) is 23.3 Å². The first kappa shape index (κ1) is 20.6. The van der Waals surface area contributed by atoms with Gasteiger partial charge in [-0.25, -0.2) is 0 Å². The van der Waals surface area contributed by atoms with Crippen molar-refractivity contribution in [3.63, 3.8) is 0 Å². The van der Waals surface area contributed by atoms with E-state index < -0.39 is 0 Å². The molecule has 2 amide bonds. The predicted molar refractivity (Wildman–Crippen MR) is 116 cm³/mol. The van der Waals surface area contributed by atoms with Gasteiger partial charge in [0.15, 0.2) is 0 Å². The second-order valence-electron chi connectivity index (χ2n) is 5.48. The molecule has 138 valence electrons. The summed E-state index contributed by atoms with van der Waals surface area (Å²) in [5.74, 6) is 0.758. The zero-order valence-electron chi connectivity index (χ0n) is 14.7. The highest BCUT2D eigenvalue weighted by atomic mass is 127. The van der Waals surface area contributed by atoms with Crippen molar-refractivity contribution in [1.29, 1.82) is 0 Å². The number of halogens is 1. The van der Waals surface area contributed by atoms with Gasteiger partial charge in [-0.05, 0) is 72.3 Å². The van der Waals surface area contributed by atoms with Crippen LogP contribution in [-0.2, 0) is 9.59 Å². The van der Waals surface area contributed by atoms with E-state index in [1.165, 1.54) is 11.8 Å². The number of hydrogen-bond donors (Lipinski definition) is 2. The fraction of sp³-hybridized carbons (Fsp3) is 0.263. The van der Waals surface area contributed by atoms with Gasteiger partial charge in [0.25, 0.3) is 0 Å². The minimum Gasteiger partial charge on any atom is -0.492 e. The fourth-order valence-electron chi connectivity index (χ4n) is 2.23. The van der Waals surface area contributed by atoms with E-state index in [1.807, 2.05) is 50.2 Å². The first-order valence-corrected chi connectivity index (χ1v) is 10.4. The molecular formula is C19H21IN2O3S. The number of carbonyl (C=O) groups is 2. The summed E-state index contributed by atoms with van der Waals surface area (Å²) >= 11 is 3.50. The van der Waals surface area contributed by atoms with Crippen LogP contribution in [0.5, 0.6) is 5.75 Å². The Labute approximate surface area is 171 Å². The molecule has 2 N–H and O–H groups in total. The van der Waals surface area contributed by atoms with Gasteiger partial charge in [-0.1, -0.05) is 12.1 Å². The Morgan fingerprint density at radius 2 is 1.69 bits per heavy atom. The molecule has 0 aliphatic heterocycles. The number of para-hydroxylation sites is 2. The molecule has 0 radical (unpaired) electrons. The molecule has 0 unspecified atom stereocenters. The van der Waals surface area contributed by atoms with Crippen LogP contribution in [0.2, 0.25) is 0 Å². The van der Waals surface area contributed by atoms with Gasteiger partial charge in [-0.3, -0.25) is 9.59 Å². The molecule has 7 heteroatoms. The van der Waals surface area contributed by atoms with Gasteiger partial charge in [-0.15, -0.1) is 11.8 Å². The summed E-state index contributed by atoms with van der Waals surface area (Å²) < 4.78 is 6.60. The van der Waals surface area contributed by atoms with Crippen LogP contribution in [0.4, 0.5) is 11.4 Å². The Bertz CT molecular complexity index is 783. The smallest absolute Gasteiger partial charge is 0.234 e. The SMILES string of the molecule is CCOc1ccccc1NC(=O)CSCC(=O)Nc1ccc(I)cc1C. The fourth-order valence-corrected chi connectivity index (χ4v) is 3.49. The molecule has 2 aromatic rings. The lowest BCUT2D eigenvalue weighted by Crippen LogP contribution is -2.19. The van der Waals surface area contributed by atoms with E-state index in [2.05, 4.69) is 33.2 Å². The highest BCUT2D eigenvalue weighted by Gasteiger charge is 2.10. The van der Waals surface area contributed by atoms with Crippen molar-refractivity contribution in [3.8, 4) is 5.75 Å². The van der Waals surface area contributed by atoms with Crippen molar-refractivity contribution in [2.75, 3.05) is 28.7 Å². The normalized spacial score (nSPS) is 10.3. The maximum atomic E-state index is 12.1. The van der Waals surface area contributed by atoms with Crippen LogP contribution in [0, 0.1) is 10.5 Å². The minimum absolute atomic E-state index is 0.123. The van der Waals surface area contributed by atoms with Gasteiger partial charge in [0, 0.05) is 9.26 Å². The third kappa shape index (κ3) is 6.53. The van der Waals surface area contributed by atoms with Crippen LogP contribution in [0.3, 0.4) is 0 Å². The molecule has 0 saturated carbocycles. The number of ether oxygens (including phenoxy) is 1.